The van der Waals surface area contributed by atoms with E-state index in [2.05, 4.69) is 42.2 Å². The Labute approximate surface area is 96.7 Å². The summed E-state index contributed by atoms with van der Waals surface area (Å²) in [6.07, 6.45) is 3.89. The zero-order valence-electron chi connectivity index (χ0n) is 9.55. The van der Waals surface area contributed by atoms with Crippen LogP contribution in [0.15, 0.2) is 23.1 Å². The van der Waals surface area contributed by atoms with E-state index in [0.717, 1.165) is 11.8 Å². The summed E-state index contributed by atoms with van der Waals surface area (Å²) in [7, 11) is 2.03. The van der Waals surface area contributed by atoms with Gasteiger partial charge in [0.05, 0.1) is 0 Å². The SMILES string of the molecule is CNCCCC1Cc2cc(C)ccc2S1. The highest BCUT2D eigenvalue weighted by atomic mass is 32.2. The molecule has 1 heterocycles. The van der Waals surface area contributed by atoms with Crippen LogP contribution in [0, 0.1) is 6.92 Å². The van der Waals surface area contributed by atoms with Crippen molar-refractivity contribution < 1.29 is 0 Å². The van der Waals surface area contributed by atoms with Gasteiger partial charge in [0.25, 0.3) is 0 Å². The Morgan fingerprint density at radius 3 is 3.13 bits per heavy atom. The van der Waals surface area contributed by atoms with Crippen LogP contribution in [0.25, 0.3) is 0 Å². The Morgan fingerprint density at radius 2 is 2.33 bits per heavy atom. The third-order valence-corrected chi connectivity index (χ3v) is 4.30. The van der Waals surface area contributed by atoms with Gasteiger partial charge >= 0.3 is 0 Å². The molecule has 1 atom stereocenters. The molecule has 15 heavy (non-hydrogen) atoms. The van der Waals surface area contributed by atoms with E-state index in [1.165, 1.54) is 29.7 Å². The topological polar surface area (TPSA) is 12.0 Å². The normalized spacial score (nSPS) is 19.2. The van der Waals surface area contributed by atoms with Crippen LogP contribution >= 0.6 is 11.8 Å². The molecule has 2 heteroatoms. The van der Waals surface area contributed by atoms with E-state index >= 15 is 0 Å². The van der Waals surface area contributed by atoms with E-state index in [-0.39, 0.29) is 0 Å². The maximum Gasteiger partial charge on any atom is 0.0136 e. The first-order chi connectivity index (χ1) is 7.29. The van der Waals surface area contributed by atoms with Crippen LogP contribution in [0.3, 0.4) is 0 Å². The molecular formula is C13H19NS. The molecule has 0 amide bonds. The molecule has 0 fully saturated rings. The Hall–Kier alpha value is -0.470. The maximum atomic E-state index is 3.21. The molecule has 2 rings (SSSR count). The van der Waals surface area contributed by atoms with Gasteiger partial charge in [0.1, 0.15) is 0 Å². The zero-order valence-corrected chi connectivity index (χ0v) is 10.4. The number of hydrogen-bond acceptors (Lipinski definition) is 2. The standard InChI is InChI=1S/C13H19NS/c1-10-5-6-13-11(8-10)9-12(15-13)4-3-7-14-2/h5-6,8,12,14H,3-4,7,9H2,1-2H3. The number of fused-ring (bicyclic) bond motifs is 1. The van der Waals surface area contributed by atoms with Crippen LogP contribution in [-0.4, -0.2) is 18.8 Å². The Bertz CT molecular complexity index is 335. The Kier molecular flexibility index (Phi) is 3.71. The van der Waals surface area contributed by atoms with Crippen molar-refractivity contribution >= 4 is 11.8 Å². The van der Waals surface area contributed by atoms with Crippen LogP contribution in [-0.2, 0) is 6.42 Å². The average molecular weight is 221 g/mol. The van der Waals surface area contributed by atoms with Crippen molar-refractivity contribution in [3.63, 3.8) is 0 Å². The van der Waals surface area contributed by atoms with Crippen molar-refractivity contribution in [2.75, 3.05) is 13.6 Å². The first kappa shape index (κ1) is 11.0. The quantitative estimate of drug-likeness (QED) is 0.784. The van der Waals surface area contributed by atoms with Gasteiger partial charge in [-0.15, -0.1) is 11.8 Å². The molecule has 1 N–H and O–H groups in total. The van der Waals surface area contributed by atoms with E-state index < -0.39 is 0 Å². The highest BCUT2D eigenvalue weighted by Gasteiger charge is 2.21. The molecule has 0 aliphatic carbocycles. The van der Waals surface area contributed by atoms with Crippen molar-refractivity contribution in [2.45, 2.75) is 36.3 Å². The molecule has 0 spiro atoms. The Morgan fingerprint density at radius 1 is 1.47 bits per heavy atom. The minimum Gasteiger partial charge on any atom is -0.320 e. The molecule has 1 unspecified atom stereocenters. The van der Waals surface area contributed by atoms with Crippen molar-refractivity contribution in [3.8, 4) is 0 Å². The van der Waals surface area contributed by atoms with Crippen molar-refractivity contribution in [3.05, 3.63) is 29.3 Å². The lowest BCUT2D eigenvalue weighted by Gasteiger charge is -2.06. The number of nitrogens with one attached hydrogen (secondary N) is 1. The Balaban J connectivity index is 1.91. The van der Waals surface area contributed by atoms with E-state index in [4.69, 9.17) is 0 Å². The van der Waals surface area contributed by atoms with Crippen LogP contribution in [0.4, 0.5) is 0 Å². The maximum absolute atomic E-state index is 3.21. The third-order valence-electron chi connectivity index (χ3n) is 2.91. The van der Waals surface area contributed by atoms with Crippen LogP contribution < -0.4 is 5.32 Å². The minimum absolute atomic E-state index is 0.815. The van der Waals surface area contributed by atoms with E-state index in [9.17, 15) is 0 Å². The molecule has 1 aromatic carbocycles. The summed E-state index contributed by atoms with van der Waals surface area (Å²) < 4.78 is 0. The fourth-order valence-electron chi connectivity index (χ4n) is 2.12. The monoisotopic (exact) mass is 221 g/mol. The molecular weight excluding hydrogens is 202 g/mol. The fraction of sp³-hybridized carbons (Fsp3) is 0.538. The molecule has 0 bridgehead atoms. The number of aryl methyl sites for hydroxylation is 1. The summed E-state index contributed by atoms with van der Waals surface area (Å²) in [5.74, 6) is 0. The van der Waals surface area contributed by atoms with Gasteiger partial charge in [-0.05, 0) is 51.4 Å². The fourth-order valence-corrected chi connectivity index (χ4v) is 3.46. The van der Waals surface area contributed by atoms with Crippen LogP contribution in [0.2, 0.25) is 0 Å². The van der Waals surface area contributed by atoms with E-state index in [0.29, 0.717) is 0 Å². The van der Waals surface area contributed by atoms with Crippen molar-refractivity contribution in [1.29, 1.82) is 0 Å². The zero-order chi connectivity index (χ0) is 10.7. The predicted molar refractivity (Wildman–Crippen MR) is 67.7 cm³/mol. The molecule has 0 aromatic heterocycles. The third kappa shape index (κ3) is 2.76. The first-order valence-corrected chi connectivity index (χ1v) is 6.58. The number of thioether (sulfide) groups is 1. The summed E-state index contributed by atoms with van der Waals surface area (Å²) in [5, 5.41) is 4.03. The average Bonchev–Trinajstić information content (AvgIpc) is 2.60. The number of benzene rings is 1. The molecule has 82 valence electrons. The summed E-state index contributed by atoms with van der Waals surface area (Å²) in [6, 6.07) is 6.86. The van der Waals surface area contributed by atoms with Gasteiger partial charge in [0, 0.05) is 10.1 Å². The highest BCUT2D eigenvalue weighted by molar-refractivity contribution is 8.00. The van der Waals surface area contributed by atoms with Gasteiger partial charge in [-0.25, -0.2) is 0 Å². The second kappa shape index (κ2) is 5.04. The molecule has 1 aliphatic heterocycles. The molecule has 0 saturated heterocycles. The van der Waals surface area contributed by atoms with Crippen LogP contribution in [0.5, 0.6) is 0 Å². The summed E-state index contributed by atoms with van der Waals surface area (Å²) >= 11 is 2.07. The molecule has 0 radical (unpaired) electrons. The van der Waals surface area contributed by atoms with Crippen molar-refractivity contribution in [2.24, 2.45) is 0 Å². The lowest BCUT2D eigenvalue weighted by Crippen LogP contribution is -2.10. The van der Waals surface area contributed by atoms with Gasteiger partial charge in [0.2, 0.25) is 0 Å². The second-order valence-electron chi connectivity index (χ2n) is 4.30. The number of hydrogen-bond donors (Lipinski definition) is 1. The summed E-state index contributed by atoms with van der Waals surface area (Å²) in [6.45, 7) is 3.33. The molecule has 1 nitrogen and oxygen atoms in total. The van der Waals surface area contributed by atoms with Gasteiger partial charge in [-0.2, -0.15) is 0 Å². The van der Waals surface area contributed by atoms with Gasteiger partial charge in [-0.1, -0.05) is 17.7 Å². The van der Waals surface area contributed by atoms with E-state index in [1.54, 1.807) is 5.56 Å². The molecule has 1 aromatic rings. The molecule has 0 saturated carbocycles. The van der Waals surface area contributed by atoms with Crippen LogP contribution in [0.1, 0.15) is 24.0 Å². The lowest BCUT2D eigenvalue weighted by atomic mass is 10.1. The van der Waals surface area contributed by atoms with Gasteiger partial charge in [0.15, 0.2) is 0 Å². The summed E-state index contributed by atoms with van der Waals surface area (Å²) in [5.41, 5.74) is 2.96. The number of rotatable bonds is 4. The highest BCUT2D eigenvalue weighted by Crippen LogP contribution is 2.39. The van der Waals surface area contributed by atoms with Gasteiger partial charge < -0.3 is 5.32 Å². The lowest BCUT2D eigenvalue weighted by molar-refractivity contribution is 0.657. The summed E-state index contributed by atoms with van der Waals surface area (Å²) in [4.78, 5) is 1.51. The second-order valence-corrected chi connectivity index (χ2v) is 5.64. The van der Waals surface area contributed by atoms with E-state index in [1.807, 2.05) is 7.05 Å². The van der Waals surface area contributed by atoms with Crippen molar-refractivity contribution in [1.82, 2.24) is 5.32 Å². The molecule has 1 aliphatic rings. The predicted octanol–water partition coefficient (Wildman–Crippen LogP) is 3.01. The largest absolute Gasteiger partial charge is 0.320 e. The first-order valence-electron chi connectivity index (χ1n) is 5.70. The smallest absolute Gasteiger partial charge is 0.0136 e. The minimum atomic E-state index is 0.815. The van der Waals surface area contributed by atoms with Gasteiger partial charge in [-0.3, -0.25) is 0 Å².